The number of nitrogens with one attached hydrogen (secondary N) is 3. The molecule has 1 aliphatic carbocycles. The van der Waals surface area contributed by atoms with Crippen LogP contribution in [0.2, 0.25) is 0 Å². The second-order valence-electron chi connectivity index (χ2n) is 6.93. The lowest BCUT2D eigenvalue weighted by molar-refractivity contribution is 0.454. The van der Waals surface area contributed by atoms with Crippen molar-refractivity contribution in [2.45, 2.75) is 18.9 Å². The number of nitrogens with zero attached hydrogens (tertiary/aromatic N) is 4. The summed E-state index contributed by atoms with van der Waals surface area (Å²) < 4.78 is 16.5. The minimum Gasteiger partial charge on any atom is -0.493 e. The van der Waals surface area contributed by atoms with Crippen LogP contribution in [0.4, 0.5) is 15.9 Å². The van der Waals surface area contributed by atoms with Gasteiger partial charge in [0, 0.05) is 15.8 Å². The standard InChI is InChI=1S/C19H15BrFN7O2/c20-10-1-4-12(21)13(6-10)24-15-7-16(23-11-2-3-11)28-17(26-15)9(8-22-28)5-14-18(29)27-19(30)25-14/h1,4-8,11,24,29H,2-3H2,(H2,25,27,30). The van der Waals surface area contributed by atoms with E-state index < -0.39 is 11.5 Å². The number of aromatic nitrogens is 5. The smallest absolute Gasteiger partial charge is 0.326 e. The molecule has 1 fully saturated rings. The first-order valence-corrected chi connectivity index (χ1v) is 9.93. The van der Waals surface area contributed by atoms with Gasteiger partial charge in [-0.15, -0.1) is 0 Å². The maximum atomic E-state index is 14.2. The van der Waals surface area contributed by atoms with Crippen molar-refractivity contribution in [2.24, 2.45) is 4.99 Å². The van der Waals surface area contributed by atoms with Crippen molar-refractivity contribution in [2.75, 3.05) is 5.32 Å². The van der Waals surface area contributed by atoms with Crippen LogP contribution in [0, 0.1) is 5.82 Å². The Morgan fingerprint density at radius 1 is 1.33 bits per heavy atom. The third kappa shape index (κ3) is 3.59. The number of anilines is 2. The fourth-order valence-electron chi connectivity index (χ4n) is 2.99. The summed E-state index contributed by atoms with van der Waals surface area (Å²) in [6, 6.07) is 6.51. The molecule has 0 bridgehead atoms. The molecule has 1 saturated carbocycles. The predicted molar refractivity (Wildman–Crippen MR) is 111 cm³/mol. The molecular formula is C19H15BrFN7O2. The summed E-state index contributed by atoms with van der Waals surface area (Å²) in [7, 11) is 0. The van der Waals surface area contributed by atoms with Crippen molar-refractivity contribution in [3.8, 4) is 5.88 Å². The third-order valence-corrected chi connectivity index (χ3v) is 5.06. The molecule has 1 aliphatic rings. The molecule has 0 spiro atoms. The molecule has 0 amide bonds. The summed E-state index contributed by atoms with van der Waals surface area (Å²) in [6.07, 6.45) is 5.12. The Labute approximate surface area is 176 Å². The Morgan fingerprint density at radius 2 is 2.17 bits per heavy atom. The van der Waals surface area contributed by atoms with Gasteiger partial charge in [-0.2, -0.15) is 9.61 Å². The van der Waals surface area contributed by atoms with E-state index in [1.165, 1.54) is 6.07 Å². The van der Waals surface area contributed by atoms with Crippen molar-refractivity contribution in [1.29, 1.82) is 0 Å². The molecule has 0 unspecified atom stereocenters. The number of halogens is 2. The molecule has 3 heterocycles. The van der Waals surface area contributed by atoms with Gasteiger partial charge >= 0.3 is 5.69 Å². The van der Waals surface area contributed by atoms with Crippen LogP contribution < -0.4 is 21.7 Å². The molecule has 30 heavy (non-hydrogen) atoms. The van der Waals surface area contributed by atoms with Gasteiger partial charge < -0.3 is 15.4 Å². The van der Waals surface area contributed by atoms with Gasteiger partial charge in [-0.25, -0.2) is 14.2 Å². The molecule has 4 aromatic rings. The van der Waals surface area contributed by atoms with Crippen molar-refractivity contribution in [3.05, 3.63) is 67.6 Å². The van der Waals surface area contributed by atoms with Crippen LogP contribution in [0.15, 0.2) is 44.7 Å². The summed E-state index contributed by atoms with van der Waals surface area (Å²) in [5, 5.41) is 17.7. The number of aromatic hydroxyl groups is 1. The highest BCUT2D eigenvalue weighted by molar-refractivity contribution is 9.10. The van der Waals surface area contributed by atoms with E-state index in [1.54, 1.807) is 35.0 Å². The zero-order valence-electron chi connectivity index (χ0n) is 15.4. The van der Waals surface area contributed by atoms with Crippen molar-refractivity contribution < 1.29 is 9.50 Å². The number of imidazole rings is 1. The first kappa shape index (κ1) is 18.6. The highest BCUT2D eigenvalue weighted by Gasteiger charge is 2.20. The van der Waals surface area contributed by atoms with Gasteiger partial charge in [0.15, 0.2) is 11.1 Å². The van der Waals surface area contributed by atoms with Crippen molar-refractivity contribution in [1.82, 2.24) is 24.6 Å². The van der Waals surface area contributed by atoms with Crippen LogP contribution in [0.25, 0.3) is 11.7 Å². The minimum atomic E-state index is -0.528. The number of fused-ring (bicyclic) bond motifs is 1. The Balaban J connectivity index is 1.69. The first-order chi connectivity index (χ1) is 14.5. The molecule has 152 valence electrons. The number of hydrogen-bond acceptors (Lipinski definition) is 6. The zero-order chi connectivity index (χ0) is 20.8. The summed E-state index contributed by atoms with van der Waals surface area (Å²) in [5.41, 5.74) is 0.952. The molecule has 0 aliphatic heterocycles. The van der Waals surface area contributed by atoms with Crippen LogP contribution in [-0.4, -0.2) is 35.7 Å². The third-order valence-electron chi connectivity index (χ3n) is 4.57. The van der Waals surface area contributed by atoms with E-state index in [1.807, 2.05) is 0 Å². The van der Waals surface area contributed by atoms with Crippen LogP contribution in [0.1, 0.15) is 18.5 Å². The summed E-state index contributed by atoms with van der Waals surface area (Å²) in [5.74, 6) is -0.316. The van der Waals surface area contributed by atoms with E-state index in [0.29, 0.717) is 22.2 Å². The Morgan fingerprint density at radius 3 is 2.90 bits per heavy atom. The Bertz CT molecular complexity index is 1450. The average molecular weight is 472 g/mol. The lowest BCUT2D eigenvalue weighted by Gasteiger charge is -2.08. The van der Waals surface area contributed by atoms with Gasteiger partial charge in [0.2, 0.25) is 5.88 Å². The first-order valence-electron chi connectivity index (χ1n) is 9.14. The molecule has 5 rings (SSSR count). The average Bonchev–Trinajstić information content (AvgIpc) is 3.34. The molecule has 1 aromatic carbocycles. The zero-order valence-corrected chi connectivity index (χ0v) is 16.9. The van der Waals surface area contributed by atoms with Gasteiger partial charge in [0.1, 0.15) is 17.3 Å². The number of aromatic amines is 2. The van der Waals surface area contributed by atoms with E-state index in [9.17, 15) is 14.3 Å². The molecule has 0 atom stereocenters. The molecule has 4 N–H and O–H groups in total. The molecule has 0 saturated heterocycles. The van der Waals surface area contributed by atoms with E-state index in [4.69, 9.17) is 0 Å². The van der Waals surface area contributed by atoms with E-state index in [2.05, 4.69) is 46.3 Å². The van der Waals surface area contributed by atoms with Crippen molar-refractivity contribution in [3.63, 3.8) is 0 Å². The normalized spacial score (nSPS) is 15.3. The minimum absolute atomic E-state index is 0.203. The summed E-state index contributed by atoms with van der Waals surface area (Å²) in [4.78, 5) is 25.4. The number of H-pyrrole nitrogens is 2. The SMILES string of the molecule is O=c1[nH]c(O)c(C=c2cnn3c(=NC4CC4)cc(Nc4cc(Br)ccc4F)nc23)[nH]1. The van der Waals surface area contributed by atoms with Crippen LogP contribution in [0.3, 0.4) is 0 Å². The highest BCUT2D eigenvalue weighted by Crippen LogP contribution is 2.24. The fraction of sp³-hybridized carbons (Fsp3) is 0.158. The Kier molecular flexibility index (Phi) is 4.39. The molecule has 3 aromatic heterocycles. The number of benzene rings is 1. The molecule has 9 nitrogen and oxygen atoms in total. The Hall–Kier alpha value is -3.47. The van der Waals surface area contributed by atoms with Gasteiger partial charge in [-0.1, -0.05) is 15.9 Å². The monoisotopic (exact) mass is 471 g/mol. The lowest BCUT2D eigenvalue weighted by Crippen LogP contribution is -2.20. The second-order valence-corrected chi connectivity index (χ2v) is 7.85. The number of hydrogen-bond donors (Lipinski definition) is 4. The predicted octanol–water partition coefficient (Wildman–Crippen LogP) is 1.71. The van der Waals surface area contributed by atoms with E-state index in [0.717, 1.165) is 17.3 Å². The van der Waals surface area contributed by atoms with Gasteiger partial charge in [-0.05, 0) is 37.1 Å². The second kappa shape index (κ2) is 7.10. The topological polar surface area (TPSA) is 123 Å². The highest BCUT2D eigenvalue weighted by atomic mass is 79.9. The van der Waals surface area contributed by atoms with E-state index in [-0.39, 0.29) is 23.3 Å². The maximum Gasteiger partial charge on any atom is 0.326 e. The lowest BCUT2D eigenvalue weighted by atomic mass is 10.3. The van der Waals surface area contributed by atoms with Crippen LogP contribution >= 0.6 is 15.9 Å². The molecule has 0 radical (unpaired) electrons. The maximum absolute atomic E-state index is 14.2. The van der Waals surface area contributed by atoms with Crippen LogP contribution in [0.5, 0.6) is 5.88 Å². The van der Waals surface area contributed by atoms with Gasteiger partial charge in [-0.3, -0.25) is 9.98 Å². The molecular weight excluding hydrogens is 457 g/mol. The summed E-state index contributed by atoms with van der Waals surface area (Å²) >= 11 is 3.34. The van der Waals surface area contributed by atoms with Gasteiger partial charge in [0.25, 0.3) is 0 Å². The number of rotatable bonds is 4. The fourth-order valence-corrected chi connectivity index (χ4v) is 3.35. The van der Waals surface area contributed by atoms with Crippen molar-refractivity contribution >= 4 is 39.2 Å². The quantitative estimate of drug-likeness (QED) is 0.360. The largest absolute Gasteiger partial charge is 0.493 e. The van der Waals surface area contributed by atoms with Crippen LogP contribution in [-0.2, 0) is 0 Å². The molecule has 11 heteroatoms. The van der Waals surface area contributed by atoms with E-state index >= 15 is 0 Å². The summed E-state index contributed by atoms with van der Waals surface area (Å²) in [6.45, 7) is 0. The van der Waals surface area contributed by atoms with Gasteiger partial charge in [0.05, 0.1) is 17.9 Å².